The molecule has 0 radical (unpaired) electrons. The van der Waals surface area contributed by atoms with Crippen molar-refractivity contribution < 1.29 is 29.6 Å². The van der Waals surface area contributed by atoms with Gasteiger partial charge in [0.15, 0.2) is 5.96 Å². The predicted molar refractivity (Wildman–Crippen MR) is 83.8 cm³/mol. The van der Waals surface area contributed by atoms with Gasteiger partial charge in [-0.15, -0.1) is 0 Å². The van der Waals surface area contributed by atoms with Gasteiger partial charge in [-0.2, -0.15) is 0 Å². The second-order valence-electron chi connectivity index (χ2n) is 5.13. The predicted octanol–water partition coefficient (Wildman–Crippen LogP) is -2.47. The average Bonchev–Trinajstić information content (AvgIpc) is 2.52. The van der Waals surface area contributed by atoms with Gasteiger partial charge in [0.2, 0.25) is 11.7 Å². The van der Waals surface area contributed by atoms with Crippen LogP contribution in [0.25, 0.3) is 10.4 Å². The van der Waals surface area contributed by atoms with Gasteiger partial charge in [0.05, 0.1) is 24.8 Å². The highest BCUT2D eigenvalue weighted by Crippen LogP contribution is 2.26. The number of hydrogen-bond acceptors (Lipinski definition) is 7. The molecule has 1 heterocycles. The van der Waals surface area contributed by atoms with Crippen LogP contribution in [0.1, 0.15) is 6.92 Å². The first-order chi connectivity index (χ1) is 11.7. The summed E-state index contributed by atoms with van der Waals surface area (Å²) in [4.78, 5) is 29.2. The maximum atomic E-state index is 11.5. The van der Waals surface area contributed by atoms with Crippen molar-refractivity contribution in [2.75, 3.05) is 6.61 Å². The lowest BCUT2D eigenvalue weighted by Crippen LogP contribution is -2.59. The van der Waals surface area contributed by atoms with Crippen LogP contribution in [0.15, 0.2) is 21.9 Å². The fourth-order valence-electron chi connectivity index (χ4n) is 2.34. The summed E-state index contributed by atoms with van der Waals surface area (Å²) in [5.74, 6) is -2.94. The smallest absolute Gasteiger partial charge is 0.370 e. The normalized spacial score (nSPS) is 24.6. The van der Waals surface area contributed by atoms with Crippen LogP contribution in [0.2, 0.25) is 0 Å². The van der Waals surface area contributed by atoms with Gasteiger partial charge in [0.25, 0.3) is 0 Å². The zero-order valence-corrected chi connectivity index (χ0v) is 13.2. The van der Waals surface area contributed by atoms with Crippen LogP contribution in [-0.2, 0) is 14.3 Å². The quantitative estimate of drug-likeness (QED) is 0.0937. The summed E-state index contributed by atoms with van der Waals surface area (Å²) >= 11 is 0. The molecule has 0 aromatic heterocycles. The van der Waals surface area contributed by atoms with E-state index in [-0.39, 0.29) is 5.96 Å². The molecule has 0 saturated heterocycles. The van der Waals surface area contributed by atoms with Crippen LogP contribution in [-0.4, -0.2) is 70.1 Å². The highest BCUT2D eigenvalue weighted by atomic mass is 16.5. The summed E-state index contributed by atoms with van der Waals surface area (Å²) in [6.45, 7) is 0.389. The van der Waals surface area contributed by atoms with Crippen LogP contribution >= 0.6 is 0 Å². The van der Waals surface area contributed by atoms with Crippen molar-refractivity contribution in [3.8, 4) is 0 Å². The number of aliphatic imine (C=N–C) groups is 1. The van der Waals surface area contributed by atoms with Crippen LogP contribution in [0.5, 0.6) is 0 Å². The number of aliphatic carboxylic acids is 1. The van der Waals surface area contributed by atoms with E-state index in [9.17, 15) is 19.8 Å². The monoisotopic (exact) mass is 357 g/mol. The van der Waals surface area contributed by atoms with Gasteiger partial charge in [-0.1, -0.05) is 5.11 Å². The number of carboxylic acids is 1. The van der Waals surface area contributed by atoms with E-state index in [0.717, 1.165) is 6.08 Å². The molecular weight excluding hydrogens is 338 g/mol. The third kappa shape index (κ3) is 5.24. The molecule has 0 saturated carbocycles. The number of carbonyl (C=O) groups is 2. The molecule has 25 heavy (non-hydrogen) atoms. The molecule has 138 valence electrons. The van der Waals surface area contributed by atoms with Crippen LogP contribution in [0, 0.1) is 0 Å². The summed E-state index contributed by atoms with van der Waals surface area (Å²) < 4.78 is 5.27. The van der Waals surface area contributed by atoms with Crippen LogP contribution in [0.4, 0.5) is 0 Å². The molecule has 0 fully saturated rings. The van der Waals surface area contributed by atoms with E-state index < -0.39 is 54.6 Å². The van der Waals surface area contributed by atoms with Crippen LogP contribution in [0.3, 0.4) is 0 Å². The molecular formula is C12H19N7O6. The molecule has 0 aromatic rings. The molecule has 1 amide bonds. The molecule has 1 unspecified atom stereocenters. The number of guanidine groups is 1. The largest absolute Gasteiger partial charge is 0.481 e. The molecule has 13 nitrogen and oxygen atoms in total. The number of nitrogens with one attached hydrogen (secondary N) is 1. The number of aliphatic hydroxyl groups is 2. The number of rotatable bonds is 7. The minimum atomic E-state index is -1.58. The summed E-state index contributed by atoms with van der Waals surface area (Å²) in [5, 5.41) is 34.0. The second kappa shape index (κ2) is 8.73. The number of carboxylic acid groups (broad SMARTS) is 1. The number of aliphatic hydroxyl groups excluding tert-OH is 2. The summed E-state index contributed by atoms with van der Waals surface area (Å²) in [7, 11) is 0. The van der Waals surface area contributed by atoms with Gasteiger partial charge >= 0.3 is 5.97 Å². The average molecular weight is 357 g/mol. The van der Waals surface area contributed by atoms with E-state index in [0.29, 0.717) is 0 Å². The second-order valence-corrected chi connectivity index (χ2v) is 5.13. The van der Waals surface area contributed by atoms with E-state index in [2.05, 4.69) is 20.3 Å². The van der Waals surface area contributed by atoms with Crippen LogP contribution < -0.4 is 16.8 Å². The Bertz CT molecular complexity index is 625. The Morgan fingerprint density at radius 3 is 2.60 bits per heavy atom. The van der Waals surface area contributed by atoms with Gasteiger partial charge in [0.1, 0.15) is 12.1 Å². The van der Waals surface area contributed by atoms with Crippen molar-refractivity contribution in [2.45, 2.75) is 37.3 Å². The number of amides is 1. The summed E-state index contributed by atoms with van der Waals surface area (Å²) in [6.07, 6.45) is -1.87. The van der Waals surface area contributed by atoms with Crippen molar-refractivity contribution >= 4 is 17.8 Å². The Hall–Kier alpha value is -3.02. The van der Waals surface area contributed by atoms with E-state index in [4.69, 9.17) is 26.8 Å². The number of nitrogens with two attached hydrogens (primary N) is 2. The van der Waals surface area contributed by atoms with Crippen molar-refractivity contribution in [3.05, 3.63) is 22.3 Å². The standard InChI is InChI=1S/C12H19N7O6/c1-4(21)16-8-5(17-12(13)14)2-7(11(23)24)25-10(8)9(18-19-15)6(22)3-20/h2,5-6,8-10,20,22H,3H2,1H3,(H,16,21)(H,23,24)(H4,13,14,17)/t5-,6+,8+,9?,10+/m0/s1. The number of azide groups is 1. The van der Waals surface area contributed by atoms with Gasteiger partial charge < -0.3 is 36.8 Å². The van der Waals surface area contributed by atoms with Crippen molar-refractivity contribution in [3.63, 3.8) is 0 Å². The maximum absolute atomic E-state index is 11.5. The highest BCUT2D eigenvalue weighted by Gasteiger charge is 2.44. The number of carbonyl (C=O) groups excluding carboxylic acids is 1. The van der Waals surface area contributed by atoms with E-state index in [1.54, 1.807) is 0 Å². The minimum absolute atomic E-state index is 0.384. The molecule has 8 N–H and O–H groups in total. The molecule has 0 bridgehead atoms. The van der Waals surface area contributed by atoms with E-state index in [1.165, 1.54) is 6.92 Å². The first-order valence-electron chi connectivity index (χ1n) is 7.02. The van der Waals surface area contributed by atoms with Gasteiger partial charge in [0, 0.05) is 11.8 Å². The number of nitrogens with zero attached hydrogens (tertiary/aromatic N) is 4. The number of ether oxygens (including phenoxy) is 1. The topological polar surface area (TPSA) is 229 Å². The maximum Gasteiger partial charge on any atom is 0.370 e. The lowest BCUT2D eigenvalue weighted by atomic mass is 9.91. The van der Waals surface area contributed by atoms with E-state index >= 15 is 0 Å². The van der Waals surface area contributed by atoms with Gasteiger partial charge in [-0.05, 0) is 11.6 Å². The van der Waals surface area contributed by atoms with Crippen molar-refractivity contribution in [2.24, 2.45) is 21.6 Å². The Morgan fingerprint density at radius 2 is 2.16 bits per heavy atom. The molecule has 0 aliphatic carbocycles. The SMILES string of the molecule is CC(=O)N[C@@H]1[C@@H](N=C(N)N)C=C(C(=O)O)O[C@H]1C(N=[N+]=[N-])[C@H](O)CO. The fourth-order valence-corrected chi connectivity index (χ4v) is 2.34. The third-order valence-corrected chi connectivity index (χ3v) is 3.29. The van der Waals surface area contributed by atoms with Gasteiger partial charge in [-0.3, -0.25) is 4.79 Å². The molecule has 0 spiro atoms. The molecule has 13 heteroatoms. The molecule has 1 rings (SSSR count). The lowest BCUT2D eigenvalue weighted by Gasteiger charge is -2.38. The number of hydrogen-bond donors (Lipinski definition) is 6. The van der Waals surface area contributed by atoms with Crippen molar-refractivity contribution in [1.82, 2.24) is 5.32 Å². The molecule has 1 aliphatic rings. The molecule has 1 aliphatic heterocycles. The highest BCUT2D eigenvalue weighted by molar-refractivity contribution is 5.85. The Labute approximate surface area is 141 Å². The Balaban J connectivity index is 3.44. The van der Waals surface area contributed by atoms with Gasteiger partial charge in [-0.25, -0.2) is 9.79 Å². The molecule has 5 atom stereocenters. The summed E-state index contributed by atoms with van der Waals surface area (Å²) in [6, 6.07) is -3.56. The Kier molecular flexibility index (Phi) is 6.99. The first kappa shape index (κ1) is 20.0. The first-order valence-corrected chi connectivity index (χ1v) is 7.02. The molecule has 0 aromatic carbocycles. The third-order valence-electron chi connectivity index (χ3n) is 3.29. The summed E-state index contributed by atoms with van der Waals surface area (Å²) in [5.41, 5.74) is 19.4. The minimum Gasteiger partial charge on any atom is -0.481 e. The Morgan fingerprint density at radius 1 is 1.52 bits per heavy atom. The fraction of sp³-hybridized carbons (Fsp3) is 0.583. The van der Waals surface area contributed by atoms with E-state index in [1.807, 2.05) is 0 Å². The zero-order chi connectivity index (χ0) is 19.1. The lowest BCUT2D eigenvalue weighted by molar-refractivity contribution is -0.140. The van der Waals surface area contributed by atoms with Crippen molar-refractivity contribution in [1.29, 1.82) is 0 Å². The zero-order valence-electron chi connectivity index (χ0n) is 13.2.